The van der Waals surface area contributed by atoms with Gasteiger partial charge in [-0.1, -0.05) is 260 Å². The third kappa shape index (κ3) is 65.9. The van der Waals surface area contributed by atoms with Crippen molar-refractivity contribution < 1.29 is 37.6 Å². The molecule has 0 aromatic heterocycles. The number of hydrogen-bond donors (Lipinski definition) is 2. The Kier molecular flexibility index (Phi) is 61.9. The molecule has 2 unspecified atom stereocenters. The lowest BCUT2D eigenvalue weighted by Crippen LogP contribution is -2.29. The Morgan fingerprint density at radius 2 is 0.627 bits per heavy atom. The Morgan fingerprint density at radius 3 is 0.928 bits per heavy atom. The minimum absolute atomic E-state index is 0.0369. The van der Waals surface area contributed by atoms with Crippen molar-refractivity contribution in [3.05, 3.63) is 194 Å². The molecule has 0 aliphatic rings. The van der Waals surface area contributed by atoms with Crippen molar-refractivity contribution in [3.63, 3.8) is 0 Å². The van der Waals surface area contributed by atoms with Crippen LogP contribution in [0.15, 0.2) is 194 Å². The van der Waals surface area contributed by atoms with E-state index in [1.54, 1.807) is 0 Å². The minimum atomic E-state index is -4.41. The number of esters is 2. The normalized spacial score (nSPS) is 14.3. The van der Waals surface area contributed by atoms with Crippen molar-refractivity contribution >= 4 is 19.8 Å². The molecule has 83 heavy (non-hydrogen) atoms. The molecule has 0 rings (SSSR count). The Balaban J connectivity index is 4.08. The average Bonchev–Trinajstić information content (AvgIpc) is 3.49. The Hall–Kier alpha value is -5.15. The van der Waals surface area contributed by atoms with E-state index in [0.717, 1.165) is 154 Å². The Bertz CT molecular complexity index is 2060. The first-order valence-electron chi connectivity index (χ1n) is 31.9. The summed E-state index contributed by atoms with van der Waals surface area (Å²) in [6.45, 7) is 3.45. The zero-order valence-corrected chi connectivity index (χ0v) is 52.7. The summed E-state index contributed by atoms with van der Waals surface area (Å²) in [5.74, 6) is -0.882. The smallest absolute Gasteiger partial charge is 0.462 e. The van der Waals surface area contributed by atoms with E-state index in [-0.39, 0.29) is 32.6 Å². The van der Waals surface area contributed by atoms with Gasteiger partial charge >= 0.3 is 19.8 Å². The van der Waals surface area contributed by atoms with Crippen molar-refractivity contribution in [1.82, 2.24) is 0 Å². The topological polar surface area (TPSA) is 134 Å². The quantitative estimate of drug-likeness (QED) is 0.0264. The largest absolute Gasteiger partial charge is 0.472 e. The van der Waals surface area contributed by atoms with Crippen LogP contribution in [-0.2, 0) is 32.7 Å². The molecule has 464 valence electrons. The number of nitrogens with two attached hydrogens (primary N) is 1. The van der Waals surface area contributed by atoms with Gasteiger partial charge in [-0.15, -0.1) is 0 Å². The maximum absolute atomic E-state index is 12.7. The third-order valence-corrected chi connectivity index (χ3v) is 13.5. The predicted octanol–water partition coefficient (Wildman–Crippen LogP) is 21.0. The Labute approximate surface area is 506 Å². The van der Waals surface area contributed by atoms with Crippen LogP contribution in [0.3, 0.4) is 0 Å². The van der Waals surface area contributed by atoms with E-state index in [0.29, 0.717) is 12.8 Å². The molecule has 3 N–H and O–H groups in total. The molecule has 0 saturated carbocycles. The highest BCUT2D eigenvalue weighted by Gasteiger charge is 2.26. The van der Waals surface area contributed by atoms with Crippen LogP contribution in [0.1, 0.15) is 219 Å². The van der Waals surface area contributed by atoms with Crippen molar-refractivity contribution in [1.29, 1.82) is 0 Å². The SMILES string of the molecule is CC/C=C\C/C=C\C/C=C\C/C=C\C/C=C\C/C=C\C/C=C\C/C=C\C/C=C\C/C=C\C/C=C\C/C=C\CCCCCCC(=O)OC(COC(=O)CCCCCCCCCC/C=C\C/C=C\C/C=C\C/C=C\CC)COP(=O)(O)OCCN. The van der Waals surface area contributed by atoms with Gasteiger partial charge in [0.1, 0.15) is 6.61 Å². The molecular formula is C73H114NO8P. The lowest BCUT2D eigenvalue weighted by atomic mass is 10.1. The molecule has 0 radical (unpaired) electrons. The number of phosphoric acid groups is 1. The highest BCUT2D eigenvalue weighted by Crippen LogP contribution is 2.43. The molecule has 9 nitrogen and oxygen atoms in total. The van der Waals surface area contributed by atoms with Crippen LogP contribution in [0.5, 0.6) is 0 Å². The standard InChI is InChI=1S/C73H114NO8P/c1-3-5-7-9-11-13-15-17-19-21-23-25-26-27-28-29-30-31-32-33-34-35-36-37-38-39-40-41-42-43-44-46-48-50-52-54-56-58-60-62-64-66-73(76)82-71(70-81-83(77,78)80-68-67-74)69-79-72(75)65-63-61-59-57-55-53-51-49-47-45-24-22-20-18-16-14-12-10-8-6-4-2/h5-8,11-14,17-20,23-25,27-28,30-31,33-34,36-37,39-40,42-43,45-46,48,52,54,71H,3-4,9-10,15-16,21-22,26,29,32,35,38,41,44,47,49-51,53,55-70,74H2,1-2H3,(H,77,78)/b7-5-,8-6-,13-11-,14-12-,19-17-,20-18-,25-23-,28-27-,31-30-,34-33-,37-36-,40-39-,43-42-,45-24-,48-46-,54-52-. The molecule has 0 fully saturated rings. The van der Waals surface area contributed by atoms with E-state index in [1.165, 1.54) is 25.7 Å². The van der Waals surface area contributed by atoms with Gasteiger partial charge in [-0.2, -0.15) is 0 Å². The van der Waals surface area contributed by atoms with Crippen molar-refractivity contribution in [2.45, 2.75) is 225 Å². The molecule has 0 saturated heterocycles. The maximum atomic E-state index is 12.7. The lowest BCUT2D eigenvalue weighted by molar-refractivity contribution is -0.161. The van der Waals surface area contributed by atoms with E-state index in [1.807, 2.05) is 0 Å². The summed E-state index contributed by atoms with van der Waals surface area (Å²) in [7, 11) is -4.41. The van der Waals surface area contributed by atoms with Gasteiger partial charge in [0.25, 0.3) is 0 Å². The van der Waals surface area contributed by atoms with Crippen LogP contribution in [0.2, 0.25) is 0 Å². The fourth-order valence-electron chi connectivity index (χ4n) is 7.84. The number of ether oxygens (including phenoxy) is 2. The zero-order valence-electron chi connectivity index (χ0n) is 51.8. The summed E-state index contributed by atoms with van der Waals surface area (Å²) in [6, 6.07) is 0. The van der Waals surface area contributed by atoms with E-state index in [9.17, 15) is 19.0 Å². The first-order valence-corrected chi connectivity index (χ1v) is 33.4. The molecule has 2 atom stereocenters. The number of carbonyl (C=O) groups is 2. The minimum Gasteiger partial charge on any atom is -0.462 e. The number of rotatable bonds is 57. The number of allylic oxidation sites excluding steroid dienone is 32. The van der Waals surface area contributed by atoms with Crippen molar-refractivity contribution in [2.75, 3.05) is 26.4 Å². The summed E-state index contributed by atoms with van der Waals surface area (Å²) in [5.41, 5.74) is 5.38. The zero-order chi connectivity index (χ0) is 60.1. The molecule has 10 heteroatoms. The monoisotopic (exact) mass is 1160 g/mol. The summed E-state index contributed by atoms with van der Waals surface area (Å²) < 4.78 is 33.0. The molecule has 0 amide bonds. The van der Waals surface area contributed by atoms with Gasteiger partial charge in [-0.05, 0) is 141 Å². The molecule has 0 aromatic carbocycles. The molecule has 0 aromatic rings. The fourth-order valence-corrected chi connectivity index (χ4v) is 8.61. The summed E-state index contributed by atoms with van der Waals surface area (Å²) >= 11 is 0. The number of phosphoric ester groups is 1. The van der Waals surface area contributed by atoms with Crippen molar-refractivity contribution in [3.8, 4) is 0 Å². The first kappa shape index (κ1) is 77.9. The highest BCUT2D eigenvalue weighted by molar-refractivity contribution is 7.47. The Morgan fingerprint density at radius 1 is 0.361 bits per heavy atom. The van der Waals surface area contributed by atoms with Gasteiger partial charge in [0.2, 0.25) is 0 Å². The maximum Gasteiger partial charge on any atom is 0.472 e. The van der Waals surface area contributed by atoms with E-state index >= 15 is 0 Å². The van der Waals surface area contributed by atoms with Crippen LogP contribution in [0.25, 0.3) is 0 Å². The molecule has 0 aliphatic carbocycles. The lowest BCUT2D eigenvalue weighted by Gasteiger charge is -2.19. The first-order chi connectivity index (χ1) is 40.8. The number of carbonyl (C=O) groups excluding carboxylic acids is 2. The molecule has 0 spiro atoms. The summed E-state index contributed by atoms with van der Waals surface area (Å²) in [5, 5.41) is 0. The highest BCUT2D eigenvalue weighted by atomic mass is 31.2. The summed E-state index contributed by atoms with van der Waals surface area (Å²) in [6.07, 6.45) is 101. The average molecular weight is 1160 g/mol. The number of unbranched alkanes of at least 4 members (excludes halogenated alkanes) is 12. The second-order valence-electron chi connectivity index (χ2n) is 20.2. The summed E-state index contributed by atoms with van der Waals surface area (Å²) in [4.78, 5) is 35.2. The van der Waals surface area contributed by atoms with Crippen LogP contribution in [0, 0.1) is 0 Å². The molecule has 0 bridgehead atoms. The van der Waals surface area contributed by atoms with Gasteiger partial charge in [0.05, 0.1) is 13.2 Å². The molecule has 0 heterocycles. The molecule has 0 aliphatic heterocycles. The van der Waals surface area contributed by atoms with Crippen LogP contribution >= 0.6 is 7.82 Å². The fraction of sp³-hybridized carbons (Fsp3) is 0.534. The van der Waals surface area contributed by atoms with Crippen LogP contribution < -0.4 is 5.73 Å². The van der Waals surface area contributed by atoms with Crippen LogP contribution in [-0.4, -0.2) is 49.3 Å². The van der Waals surface area contributed by atoms with Crippen molar-refractivity contribution in [2.24, 2.45) is 5.73 Å². The van der Waals surface area contributed by atoms with E-state index < -0.39 is 32.5 Å². The van der Waals surface area contributed by atoms with E-state index in [4.69, 9.17) is 24.3 Å². The number of hydrogen-bond acceptors (Lipinski definition) is 8. The van der Waals surface area contributed by atoms with Gasteiger partial charge in [-0.25, -0.2) is 4.57 Å². The van der Waals surface area contributed by atoms with Gasteiger partial charge in [0.15, 0.2) is 6.10 Å². The van der Waals surface area contributed by atoms with Gasteiger partial charge < -0.3 is 20.1 Å². The predicted molar refractivity (Wildman–Crippen MR) is 357 cm³/mol. The van der Waals surface area contributed by atoms with E-state index in [2.05, 4.69) is 208 Å². The van der Waals surface area contributed by atoms with Gasteiger partial charge in [0, 0.05) is 19.4 Å². The second kappa shape index (κ2) is 66.0. The van der Waals surface area contributed by atoms with Crippen LogP contribution in [0.4, 0.5) is 0 Å². The third-order valence-electron chi connectivity index (χ3n) is 12.5. The second-order valence-corrected chi connectivity index (χ2v) is 21.6. The molecular weight excluding hydrogens is 1050 g/mol. The van der Waals surface area contributed by atoms with Gasteiger partial charge in [-0.3, -0.25) is 18.6 Å².